The summed E-state index contributed by atoms with van der Waals surface area (Å²) in [7, 11) is 0. The lowest BCUT2D eigenvalue weighted by molar-refractivity contribution is 0.518. The summed E-state index contributed by atoms with van der Waals surface area (Å²) in [6.07, 6.45) is 4.12. The lowest BCUT2D eigenvalue weighted by Crippen LogP contribution is -2.20. The van der Waals surface area contributed by atoms with Crippen molar-refractivity contribution in [3.63, 3.8) is 0 Å². The van der Waals surface area contributed by atoms with Gasteiger partial charge in [-0.2, -0.15) is 0 Å². The van der Waals surface area contributed by atoms with Crippen LogP contribution in [-0.2, 0) is 6.54 Å². The molecule has 0 amide bonds. The zero-order valence-corrected chi connectivity index (χ0v) is 10.00. The second-order valence-corrected chi connectivity index (χ2v) is 3.91. The lowest BCUT2D eigenvalue weighted by atomic mass is 10.6. The molecule has 1 heterocycles. The van der Waals surface area contributed by atoms with E-state index in [1.54, 1.807) is 11.8 Å². The van der Waals surface area contributed by atoms with Crippen molar-refractivity contribution >= 4 is 11.8 Å². The van der Waals surface area contributed by atoms with E-state index in [-0.39, 0.29) is 0 Å². The van der Waals surface area contributed by atoms with E-state index in [1.165, 1.54) is 0 Å². The van der Waals surface area contributed by atoms with Crippen LogP contribution in [0.2, 0.25) is 0 Å². The van der Waals surface area contributed by atoms with Gasteiger partial charge >= 0.3 is 0 Å². The standard InChI is InChI=1S/C9H17N5S/c1-3-5-8-15-9-11-12-13-14(9)7-6-10-4-2/h3,5,10H,4,6-8H2,1-2H3. The van der Waals surface area contributed by atoms with E-state index in [4.69, 9.17) is 0 Å². The molecule has 15 heavy (non-hydrogen) atoms. The Balaban J connectivity index is 2.38. The molecule has 6 heteroatoms. The zero-order chi connectivity index (χ0) is 10.9. The maximum atomic E-state index is 3.97. The fourth-order valence-corrected chi connectivity index (χ4v) is 1.83. The summed E-state index contributed by atoms with van der Waals surface area (Å²) < 4.78 is 1.83. The van der Waals surface area contributed by atoms with Crippen LogP contribution in [0.4, 0.5) is 0 Å². The van der Waals surface area contributed by atoms with Gasteiger partial charge in [0.1, 0.15) is 0 Å². The van der Waals surface area contributed by atoms with Crippen LogP contribution in [0.3, 0.4) is 0 Å². The monoisotopic (exact) mass is 227 g/mol. The minimum absolute atomic E-state index is 0.818. The van der Waals surface area contributed by atoms with Gasteiger partial charge in [0.25, 0.3) is 0 Å². The first-order valence-corrected chi connectivity index (χ1v) is 6.07. The largest absolute Gasteiger partial charge is 0.315 e. The molecule has 1 aromatic rings. The van der Waals surface area contributed by atoms with Gasteiger partial charge in [-0.05, 0) is 23.9 Å². The molecule has 0 radical (unpaired) electrons. The van der Waals surface area contributed by atoms with E-state index in [0.717, 1.165) is 30.5 Å². The molecule has 0 spiro atoms. The first kappa shape index (κ1) is 12.2. The van der Waals surface area contributed by atoms with Crippen LogP contribution in [0.15, 0.2) is 17.3 Å². The Morgan fingerprint density at radius 2 is 2.40 bits per heavy atom. The molecule has 1 N–H and O–H groups in total. The fraction of sp³-hybridized carbons (Fsp3) is 0.667. The highest BCUT2D eigenvalue weighted by molar-refractivity contribution is 7.99. The molecule has 5 nitrogen and oxygen atoms in total. The maximum Gasteiger partial charge on any atom is 0.209 e. The second-order valence-electron chi connectivity index (χ2n) is 2.92. The molecule has 0 bridgehead atoms. The summed E-state index contributed by atoms with van der Waals surface area (Å²) in [5.74, 6) is 0.915. The first-order chi connectivity index (χ1) is 7.38. The molecule has 0 aromatic carbocycles. The van der Waals surface area contributed by atoms with Crippen molar-refractivity contribution in [2.24, 2.45) is 0 Å². The van der Waals surface area contributed by atoms with Gasteiger partial charge in [-0.1, -0.05) is 30.8 Å². The van der Waals surface area contributed by atoms with E-state index in [2.05, 4.69) is 33.8 Å². The Hall–Kier alpha value is -0.880. The summed E-state index contributed by atoms with van der Waals surface area (Å²) in [6.45, 7) is 6.79. The number of hydrogen-bond acceptors (Lipinski definition) is 5. The molecule has 0 aliphatic heterocycles. The van der Waals surface area contributed by atoms with Crippen LogP contribution >= 0.6 is 11.8 Å². The Kier molecular flexibility index (Phi) is 6.03. The first-order valence-electron chi connectivity index (χ1n) is 5.09. The van der Waals surface area contributed by atoms with Crippen molar-refractivity contribution in [2.75, 3.05) is 18.8 Å². The number of hydrogen-bond donors (Lipinski definition) is 1. The summed E-state index contributed by atoms with van der Waals surface area (Å²) >= 11 is 1.65. The minimum Gasteiger partial charge on any atom is -0.315 e. The predicted octanol–water partition coefficient (Wildman–Crippen LogP) is 0.951. The van der Waals surface area contributed by atoms with Crippen molar-refractivity contribution < 1.29 is 0 Å². The number of rotatable bonds is 7. The summed E-state index contributed by atoms with van der Waals surface area (Å²) in [5, 5.41) is 15.7. The van der Waals surface area contributed by atoms with Gasteiger partial charge in [-0.25, -0.2) is 4.68 Å². The average molecular weight is 227 g/mol. The fourth-order valence-electron chi connectivity index (χ4n) is 1.02. The predicted molar refractivity (Wildman–Crippen MR) is 61.9 cm³/mol. The Bertz CT molecular complexity index is 296. The van der Waals surface area contributed by atoms with Crippen molar-refractivity contribution in [1.29, 1.82) is 0 Å². The van der Waals surface area contributed by atoms with Crippen LogP contribution in [0.25, 0.3) is 0 Å². The van der Waals surface area contributed by atoms with Gasteiger partial charge in [-0.15, -0.1) is 5.10 Å². The topological polar surface area (TPSA) is 55.6 Å². The second kappa shape index (κ2) is 7.42. The lowest BCUT2D eigenvalue weighted by Gasteiger charge is -2.03. The van der Waals surface area contributed by atoms with Crippen LogP contribution < -0.4 is 5.32 Å². The zero-order valence-electron chi connectivity index (χ0n) is 9.18. The highest BCUT2D eigenvalue weighted by Crippen LogP contribution is 2.12. The van der Waals surface area contributed by atoms with Gasteiger partial charge in [0.15, 0.2) is 0 Å². The molecule has 0 aliphatic carbocycles. The normalized spacial score (nSPS) is 11.3. The quantitative estimate of drug-likeness (QED) is 0.427. The Morgan fingerprint density at radius 1 is 1.53 bits per heavy atom. The molecule has 0 fully saturated rings. The number of nitrogens with zero attached hydrogens (tertiary/aromatic N) is 4. The smallest absolute Gasteiger partial charge is 0.209 e. The van der Waals surface area contributed by atoms with E-state index in [1.807, 2.05) is 17.7 Å². The molecule has 0 unspecified atom stereocenters. The highest BCUT2D eigenvalue weighted by atomic mass is 32.2. The molecule has 84 valence electrons. The number of nitrogens with one attached hydrogen (secondary N) is 1. The summed E-state index contributed by atoms with van der Waals surface area (Å²) in [4.78, 5) is 0. The maximum absolute atomic E-state index is 3.97. The third-order valence-electron chi connectivity index (χ3n) is 1.79. The molecule has 0 atom stereocenters. The molecule has 0 aliphatic rings. The molecule has 0 saturated heterocycles. The van der Waals surface area contributed by atoms with Gasteiger partial charge in [-0.3, -0.25) is 0 Å². The van der Waals surface area contributed by atoms with Crippen LogP contribution in [-0.4, -0.2) is 39.0 Å². The molecule has 1 rings (SSSR count). The molecule has 0 saturated carbocycles. The van der Waals surface area contributed by atoms with Crippen molar-refractivity contribution in [2.45, 2.75) is 25.5 Å². The number of tetrazole rings is 1. The van der Waals surface area contributed by atoms with E-state index >= 15 is 0 Å². The van der Waals surface area contributed by atoms with Crippen LogP contribution in [0.5, 0.6) is 0 Å². The SMILES string of the molecule is CC=CCSc1nnnn1CCNCC. The molecular weight excluding hydrogens is 210 g/mol. The van der Waals surface area contributed by atoms with Gasteiger partial charge in [0.2, 0.25) is 5.16 Å². The van der Waals surface area contributed by atoms with Crippen molar-refractivity contribution in [3.05, 3.63) is 12.2 Å². The highest BCUT2D eigenvalue weighted by Gasteiger charge is 2.04. The van der Waals surface area contributed by atoms with Crippen LogP contribution in [0.1, 0.15) is 13.8 Å². The van der Waals surface area contributed by atoms with E-state index in [9.17, 15) is 0 Å². The number of thioether (sulfide) groups is 1. The minimum atomic E-state index is 0.818. The van der Waals surface area contributed by atoms with Gasteiger partial charge < -0.3 is 5.32 Å². The van der Waals surface area contributed by atoms with Gasteiger partial charge in [0.05, 0.1) is 6.54 Å². The Labute approximate surface area is 94.3 Å². The van der Waals surface area contributed by atoms with Crippen LogP contribution in [0, 0.1) is 0 Å². The average Bonchev–Trinajstić information content (AvgIpc) is 2.67. The number of allylic oxidation sites excluding steroid dienone is 1. The number of aromatic nitrogens is 4. The van der Waals surface area contributed by atoms with E-state index in [0.29, 0.717) is 0 Å². The molecular formula is C9H17N5S. The van der Waals surface area contributed by atoms with Gasteiger partial charge in [0, 0.05) is 12.3 Å². The van der Waals surface area contributed by atoms with E-state index < -0.39 is 0 Å². The summed E-state index contributed by atoms with van der Waals surface area (Å²) in [5.41, 5.74) is 0. The molecule has 1 aromatic heterocycles. The third kappa shape index (κ3) is 4.44. The van der Waals surface area contributed by atoms with Crippen molar-refractivity contribution in [3.8, 4) is 0 Å². The van der Waals surface area contributed by atoms with Crippen molar-refractivity contribution in [1.82, 2.24) is 25.5 Å². The Morgan fingerprint density at radius 3 is 3.13 bits per heavy atom. The number of likely N-dealkylation sites (N-methyl/N-ethyl adjacent to an activating group) is 1. The summed E-state index contributed by atoms with van der Waals surface area (Å²) in [6, 6.07) is 0. The third-order valence-corrected chi connectivity index (χ3v) is 2.70.